The molecule has 0 N–H and O–H groups in total. The van der Waals surface area contributed by atoms with Gasteiger partial charge in [0, 0.05) is 11.2 Å². The van der Waals surface area contributed by atoms with Crippen molar-refractivity contribution in [3.05, 3.63) is 41.2 Å². The molecule has 1 amide bonds. The minimum atomic E-state index is -1.34. The molecule has 0 spiro atoms. The van der Waals surface area contributed by atoms with Crippen molar-refractivity contribution in [1.82, 2.24) is 0 Å². The molecule has 0 aromatic heterocycles. The third-order valence-corrected chi connectivity index (χ3v) is 2.34. The first-order valence-electron chi connectivity index (χ1n) is 5.11. The molecule has 17 heavy (non-hydrogen) atoms. The second kappa shape index (κ2) is 6.15. The molecule has 0 atom stereocenters. The standard InChI is InChI=1S/C12H14ClNO3/c1-3-17-7-6-14(12(15)16)11-8-10(13)5-4-9(11)2/h4-8H,3H2,1-2H3,(H,15,16)/p-1/b7-6+. The van der Waals surface area contributed by atoms with Crippen LogP contribution in [0, 0.1) is 6.92 Å². The number of carbonyl (C=O) groups is 1. The molecule has 0 aliphatic carbocycles. The van der Waals surface area contributed by atoms with E-state index in [9.17, 15) is 9.90 Å². The van der Waals surface area contributed by atoms with E-state index in [1.165, 1.54) is 12.5 Å². The van der Waals surface area contributed by atoms with Gasteiger partial charge in [-0.2, -0.15) is 0 Å². The largest absolute Gasteiger partial charge is 0.529 e. The van der Waals surface area contributed by atoms with Crippen molar-refractivity contribution in [1.29, 1.82) is 0 Å². The van der Waals surface area contributed by atoms with Gasteiger partial charge in [-0.05, 0) is 31.5 Å². The number of halogens is 1. The minimum Gasteiger partial charge on any atom is -0.529 e. The van der Waals surface area contributed by atoms with Crippen molar-refractivity contribution in [2.45, 2.75) is 13.8 Å². The topological polar surface area (TPSA) is 52.6 Å². The predicted octanol–water partition coefficient (Wildman–Crippen LogP) is 2.31. The smallest absolute Gasteiger partial charge is 0.146 e. The van der Waals surface area contributed by atoms with Crippen molar-refractivity contribution in [3.63, 3.8) is 0 Å². The van der Waals surface area contributed by atoms with E-state index in [1.54, 1.807) is 32.0 Å². The van der Waals surface area contributed by atoms with Gasteiger partial charge >= 0.3 is 0 Å². The third-order valence-electron chi connectivity index (χ3n) is 2.10. The monoisotopic (exact) mass is 254 g/mol. The van der Waals surface area contributed by atoms with E-state index in [1.807, 2.05) is 0 Å². The normalized spacial score (nSPS) is 10.5. The molecule has 1 aromatic carbocycles. The maximum absolute atomic E-state index is 11.0. The van der Waals surface area contributed by atoms with Gasteiger partial charge in [-0.15, -0.1) is 0 Å². The zero-order chi connectivity index (χ0) is 12.8. The molecular formula is C12H13ClNO3-. The molecular weight excluding hydrogens is 242 g/mol. The molecule has 4 nitrogen and oxygen atoms in total. The van der Waals surface area contributed by atoms with E-state index in [4.69, 9.17) is 16.3 Å². The molecule has 0 saturated carbocycles. The highest BCUT2D eigenvalue weighted by molar-refractivity contribution is 6.31. The summed E-state index contributed by atoms with van der Waals surface area (Å²) in [5.74, 6) is 0. The maximum Gasteiger partial charge on any atom is 0.146 e. The summed E-state index contributed by atoms with van der Waals surface area (Å²) in [6.45, 7) is 4.06. The highest BCUT2D eigenvalue weighted by atomic mass is 35.5. The van der Waals surface area contributed by atoms with Gasteiger partial charge in [-0.25, -0.2) is 0 Å². The van der Waals surface area contributed by atoms with Crippen LogP contribution in [0.25, 0.3) is 0 Å². The number of carbonyl (C=O) groups excluding carboxylic acids is 1. The van der Waals surface area contributed by atoms with Crippen LogP contribution in [0.15, 0.2) is 30.7 Å². The van der Waals surface area contributed by atoms with Crippen LogP contribution < -0.4 is 10.0 Å². The number of amides is 1. The van der Waals surface area contributed by atoms with E-state index in [2.05, 4.69) is 0 Å². The van der Waals surface area contributed by atoms with Gasteiger partial charge in [-0.3, -0.25) is 0 Å². The lowest BCUT2D eigenvalue weighted by atomic mass is 10.2. The first kappa shape index (κ1) is 13.4. The van der Waals surface area contributed by atoms with Crippen molar-refractivity contribution < 1.29 is 14.6 Å². The third kappa shape index (κ3) is 3.67. The maximum atomic E-state index is 11.0. The highest BCUT2D eigenvalue weighted by Crippen LogP contribution is 2.24. The average Bonchev–Trinajstić information content (AvgIpc) is 2.28. The molecule has 1 aromatic rings. The fourth-order valence-electron chi connectivity index (χ4n) is 1.28. The number of carboxylic acid groups (broad SMARTS) is 1. The number of anilines is 1. The Morgan fingerprint density at radius 1 is 1.59 bits per heavy atom. The number of benzene rings is 1. The summed E-state index contributed by atoms with van der Waals surface area (Å²) in [6.07, 6.45) is 1.25. The zero-order valence-corrected chi connectivity index (χ0v) is 10.4. The first-order chi connectivity index (χ1) is 8.06. The summed E-state index contributed by atoms with van der Waals surface area (Å²) >= 11 is 5.83. The summed E-state index contributed by atoms with van der Waals surface area (Å²) in [5, 5.41) is 11.5. The summed E-state index contributed by atoms with van der Waals surface area (Å²) in [7, 11) is 0. The van der Waals surface area contributed by atoms with Crippen molar-refractivity contribution in [2.75, 3.05) is 11.5 Å². The molecule has 0 bridgehead atoms. The van der Waals surface area contributed by atoms with E-state index >= 15 is 0 Å². The molecule has 0 aliphatic rings. The first-order valence-corrected chi connectivity index (χ1v) is 5.48. The van der Waals surface area contributed by atoms with Gasteiger partial charge in [0.1, 0.15) is 6.09 Å². The zero-order valence-electron chi connectivity index (χ0n) is 9.64. The second-order valence-corrected chi connectivity index (χ2v) is 3.74. The van der Waals surface area contributed by atoms with Crippen LogP contribution >= 0.6 is 11.6 Å². The molecule has 0 saturated heterocycles. The number of hydrogen-bond donors (Lipinski definition) is 0. The van der Waals surface area contributed by atoms with Crippen LogP contribution in [0.3, 0.4) is 0 Å². The Morgan fingerprint density at radius 2 is 2.29 bits per heavy atom. The van der Waals surface area contributed by atoms with E-state index in [0.29, 0.717) is 17.3 Å². The van der Waals surface area contributed by atoms with Gasteiger partial charge in [0.15, 0.2) is 0 Å². The Bertz CT molecular complexity index is 432. The summed E-state index contributed by atoms with van der Waals surface area (Å²) < 4.78 is 4.96. The SMILES string of the molecule is CCO/C=C/N(C(=O)[O-])c1cc(Cl)ccc1C. The van der Waals surface area contributed by atoms with Crippen molar-refractivity contribution in [2.24, 2.45) is 0 Å². The highest BCUT2D eigenvalue weighted by Gasteiger charge is 2.08. The van der Waals surface area contributed by atoms with Crippen LogP contribution in [0.5, 0.6) is 0 Å². The average molecular weight is 255 g/mol. The number of aryl methyl sites for hydroxylation is 1. The van der Waals surface area contributed by atoms with Gasteiger partial charge in [0.25, 0.3) is 0 Å². The molecule has 0 fully saturated rings. The Morgan fingerprint density at radius 3 is 2.88 bits per heavy atom. The predicted molar refractivity (Wildman–Crippen MR) is 64.8 cm³/mol. The molecule has 0 aliphatic heterocycles. The summed E-state index contributed by atoms with van der Waals surface area (Å²) in [6, 6.07) is 4.99. The second-order valence-electron chi connectivity index (χ2n) is 3.31. The number of ether oxygens (including phenoxy) is 1. The quantitative estimate of drug-likeness (QED) is 0.775. The van der Waals surface area contributed by atoms with Crippen LogP contribution in [0.2, 0.25) is 5.02 Å². The van der Waals surface area contributed by atoms with Crippen molar-refractivity contribution >= 4 is 23.4 Å². The number of nitrogens with zero attached hydrogens (tertiary/aromatic N) is 1. The molecule has 0 heterocycles. The summed E-state index contributed by atoms with van der Waals surface area (Å²) in [4.78, 5) is 12.0. The fourth-order valence-corrected chi connectivity index (χ4v) is 1.45. The fraction of sp³-hybridized carbons (Fsp3) is 0.250. The van der Waals surface area contributed by atoms with Gasteiger partial charge < -0.3 is 19.5 Å². The number of hydrogen-bond acceptors (Lipinski definition) is 3. The molecule has 0 radical (unpaired) electrons. The Kier molecular flexibility index (Phi) is 4.84. The summed E-state index contributed by atoms with van der Waals surface area (Å²) in [5.41, 5.74) is 1.23. The van der Waals surface area contributed by atoms with Crippen LogP contribution in [0.4, 0.5) is 10.5 Å². The Balaban J connectivity index is 3.05. The molecule has 0 unspecified atom stereocenters. The van der Waals surface area contributed by atoms with E-state index in [-0.39, 0.29) is 0 Å². The lowest BCUT2D eigenvalue weighted by Crippen LogP contribution is -2.38. The lowest BCUT2D eigenvalue weighted by molar-refractivity contribution is -0.245. The lowest BCUT2D eigenvalue weighted by Gasteiger charge is -2.22. The van der Waals surface area contributed by atoms with Crippen LogP contribution in [-0.4, -0.2) is 12.7 Å². The van der Waals surface area contributed by atoms with Crippen LogP contribution in [-0.2, 0) is 4.74 Å². The molecule has 5 heteroatoms. The van der Waals surface area contributed by atoms with Crippen LogP contribution in [0.1, 0.15) is 12.5 Å². The van der Waals surface area contributed by atoms with E-state index < -0.39 is 6.09 Å². The molecule has 1 rings (SSSR count). The van der Waals surface area contributed by atoms with Gasteiger partial charge in [-0.1, -0.05) is 17.7 Å². The Labute approximate surface area is 105 Å². The number of rotatable bonds is 4. The Hall–Kier alpha value is -1.68. The minimum absolute atomic E-state index is 0.452. The van der Waals surface area contributed by atoms with Crippen molar-refractivity contribution in [3.8, 4) is 0 Å². The van der Waals surface area contributed by atoms with E-state index in [0.717, 1.165) is 10.5 Å². The van der Waals surface area contributed by atoms with Gasteiger partial charge in [0.2, 0.25) is 0 Å². The van der Waals surface area contributed by atoms with Gasteiger partial charge in [0.05, 0.1) is 18.6 Å². The molecule has 92 valence electrons.